The van der Waals surface area contributed by atoms with Gasteiger partial charge in [0.15, 0.2) is 11.5 Å². The molecule has 5 heterocycles. The molecule has 0 radical (unpaired) electrons. The smallest absolute Gasteiger partial charge is 0.382 e. The van der Waals surface area contributed by atoms with Crippen LogP contribution in [0.3, 0.4) is 0 Å². The van der Waals surface area contributed by atoms with Gasteiger partial charge in [-0.15, -0.1) is 5.10 Å². The van der Waals surface area contributed by atoms with Crippen LogP contribution in [0.4, 0.5) is 33.7 Å². The fourth-order valence-electron chi connectivity index (χ4n) is 4.59. The van der Waals surface area contributed by atoms with Gasteiger partial charge < -0.3 is 15.6 Å². The molecule has 1 saturated heterocycles. The SMILES string of the molecule is Cc1nc2ccc(-c3ccn4nc(NC5CCN(CC(F)F)CC5)nc(N)c34)nc2n1CC(F)(F)F. The Kier molecular flexibility index (Phi) is 6.14. The predicted octanol–water partition coefficient (Wildman–Crippen LogP) is 3.74. The van der Waals surface area contributed by atoms with Gasteiger partial charge in [0.25, 0.3) is 6.43 Å². The Balaban J connectivity index is 1.41. The highest BCUT2D eigenvalue weighted by atomic mass is 19.4. The van der Waals surface area contributed by atoms with Crippen molar-refractivity contribution < 1.29 is 22.0 Å². The molecule has 3 N–H and O–H groups in total. The maximum Gasteiger partial charge on any atom is 0.406 e. The number of likely N-dealkylation sites (tertiary alicyclic amines) is 1. The molecule has 5 rings (SSSR count). The molecule has 4 aromatic heterocycles. The van der Waals surface area contributed by atoms with E-state index in [0.717, 1.165) is 4.57 Å². The number of pyridine rings is 1. The highest BCUT2D eigenvalue weighted by Crippen LogP contribution is 2.30. The first kappa shape index (κ1) is 24.2. The Hall–Kier alpha value is -3.55. The second-order valence-corrected chi connectivity index (χ2v) is 8.85. The van der Waals surface area contributed by atoms with Gasteiger partial charge in [0.1, 0.15) is 23.4 Å². The number of nitrogens with two attached hydrogens (primary N) is 1. The van der Waals surface area contributed by atoms with Crippen LogP contribution in [0.1, 0.15) is 18.7 Å². The van der Waals surface area contributed by atoms with Crippen molar-refractivity contribution >= 4 is 28.4 Å². The third-order valence-electron chi connectivity index (χ3n) is 6.25. The summed E-state index contributed by atoms with van der Waals surface area (Å²) in [6, 6.07) is 5.03. The fourth-order valence-corrected chi connectivity index (χ4v) is 4.59. The molecule has 0 aliphatic carbocycles. The van der Waals surface area contributed by atoms with Crippen molar-refractivity contribution in [2.24, 2.45) is 0 Å². The first-order valence-electron chi connectivity index (χ1n) is 11.4. The summed E-state index contributed by atoms with van der Waals surface area (Å²) in [4.78, 5) is 14.7. The summed E-state index contributed by atoms with van der Waals surface area (Å²) >= 11 is 0. The molecule has 0 bridgehead atoms. The van der Waals surface area contributed by atoms with Gasteiger partial charge in [-0.05, 0) is 38.0 Å². The van der Waals surface area contributed by atoms with E-state index in [9.17, 15) is 22.0 Å². The van der Waals surface area contributed by atoms with E-state index in [1.54, 1.807) is 29.3 Å². The number of nitrogens with one attached hydrogen (secondary N) is 1. The van der Waals surface area contributed by atoms with E-state index in [1.165, 1.54) is 11.4 Å². The largest absolute Gasteiger partial charge is 0.406 e. The molecule has 0 amide bonds. The highest BCUT2D eigenvalue weighted by Gasteiger charge is 2.30. The third-order valence-corrected chi connectivity index (χ3v) is 6.25. The number of rotatable bonds is 6. The topological polar surface area (TPSA) is 102 Å². The average Bonchev–Trinajstić information content (AvgIpc) is 3.35. The molecule has 1 aliphatic rings. The van der Waals surface area contributed by atoms with Gasteiger partial charge in [0, 0.05) is 30.9 Å². The molecule has 14 heteroatoms. The number of halogens is 5. The van der Waals surface area contributed by atoms with Gasteiger partial charge in [-0.1, -0.05) is 0 Å². The summed E-state index contributed by atoms with van der Waals surface area (Å²) in [7, 11) is 0. The lowest BCUT2D eigenvalue weighted by Gasteiger charge is -2.31. The van der Waals surface area contributed by atoms with Gasteiger partial charge in [0.2, 0.25) is 5.95 Å². The van der Waals surface area contributed by atoms with Crippen LogP contribution in [0, 0.1) is 6.92 Å². The molecule has 0 saturated carbocycles. The number of aryl methyl sites for hydroxylation is 1. The Morgan fingerprint density at radius 2 is 1.86 bits per heavy atom. The summed E-state index contributed by atoms with van der Waals surface area (Å²) in [5, 5.41) is 7.68. The van der Waals surface area contributed by atoms with Crippen molar-refractivity contribution in [1.82, 2.24) is 34.0 Å². The van der Waals surface area contributed by atoms with Crippen LogP contribution in [0.2, 0.25) is 0 Å². The van der Waals surface area contributed by atoms with Gasteiger partial charge in [0.05, 0.1) is 12.2 Å². The minimum atomic E-state index is -4.42. The van der Waals surface area contributed by atoms with Crippen molar-refractivity contribution in [2.75, 3.05) is 30.7 Å². The van der Waals surface area contributed by atoms with E-state index >= 15 is 0 Å². The molecule has 0 unspecified atom stereocenters. The lowest BCUT2D eigenvalue weighted by molar-refractivity contribution is -0.140. The molecule has 1 aliphatic heterocycles. The van der Waals surface area contributed by atoms with Crippen LogP contribution in [-0.4, -0.2) is 72.3 Å². The predicted molar refractivity (Wildman–Crippen MR) is 124 cm³/mol. The van der Waals surface area contributed by atoms with E-state index in [2.05, 4.69) is 25.4 Å². The maximum atomic E-state index is 13.1. The minimum absolute atomic E-state index is 0.0204. The number of anilines is 2. The lowest BCUT2D eigenvalue weighted by Crippen LogP contribution is -2.41. The molecule has 0 atom stereocenters. The summed E-state index contributed by atoms with van der Waals surface area (Å²) in [5.41, 5.74) is 8.19. The number of piperidine rings is 1. The normalized spacial score (nSPS) is 16.0. The zero-order valence-electron chi connectivity index (χ0n) is 19.3. The number of fused-ring (bicyclic) bond motifs is 2. The lowest BCUT2D eigenvalue weighted by atomic mass is 10.1. The third kappa shape index (κ3) is 4.90. The second-order valence-electron chi connectivity index (χ2n) is 8.85. The van der Waals surface area contributed by atoms with Crippen molar-refractivity contribution in [1.29, 1.82) is 0 Å². The molecular formula is C22H24F5N9. The van der Waals surface area contributed by atoms with E-state index in [-0.39, 0.29) is 29.9 Å². The number of hydrogen-bond acceptors (Lipinski definition) is 7. The summed E-state index contributed by atoms with van der Waals surface area (Å²) in [5.74, 6) is 0.688. The van der Waals surface area contributed by atoms with E-state index < -0.39 is 19.1 Å². The molecule has 1 fully saturated rings. The zero-order valence-corrected chi connectivity index (χ0v) is 19.3. The number of alkyl halides is 5. The standard InChI is InChI=1S/C22H24F5N9/c1-12-29-16-3-2-15(31-20(16)35(12)11-22(25,26)27)14-6-9-36-18(14)19(28)32-21(33-36)30-13-4-7-34(8-5-13)10-17(23)24/h2-3,6,9,13,17H,4-5,7-8,10-11H2,1H3,(H3,28,30,32,33). The van der Waals surface area contributed by atoms with E-state index in [4.69, 9.17) is 5.73 Å². The Morgan fingerprint density at radius 1 is 1.11 bits per heavy atom. The van der Waals surface area contributed by atoms with Crippen molar-refractivity contribution in [3.8, 4) is 11.3 Å². The quantitative estimate of drug-likeness (QED) is 0.382. The maximum absolute atomic E-state index is 13.1. The second kappa shape index (κ2) is 9.15. The number of nitrogen functional groups attached to an aromatic ring is 1. The highest BCUT2D eigenvalue weighted by molar-refractivity contribution is 5.88. The van der Waals surface area contributed by atoms with Crippen LogP contribution >= 0.6 is 0 Å². The molecule has 0 aromatic carbocycles. The molecule has 36 heavy (non-hydrogen) atoms. The van der Waals surface area contributed by atoms with Crippen molar-refractivity contribution in [2.45, 2.75) is 45.0 Å². The monoisotopic (exact) mass is 509 g/mol. The van der Waals surface area contributed by atoms with Crippen LogP contribution in [0.5, 0.6) is 0 Å². The number of aromatic nitrogens is 6. The average molecular weight is 509 g/mol. The van der Waals surface area contributed by atoms with Crippen LogP contribution in [0.25, 0.3) is 27.9 Å². The minimum Gasteiger partial charge on any atom is -0.382 e. The summed E-state index contributed by atoms with van der Waals surface area (Å²) in [6.07, 6.45) is -3.77. The molecule has 192 valence electrons. The number of nitrogens with zero attached hydrogens (tertiary/aromatic N) is 7. The Bertz CT molecular complexity index is 1390. The van der Waals surface area contributed by atoms with Crippen LogP contribution in [0.15, 0.2) is 24.4 Å². The van der Waals surface area contributed by atoms with Gasteiger partial charge in [-0.25, -0.2) is 23.3 Å². The molecular weight excluding hydrogens is 485 g/mol. The van der Waals surface area contributed by atoms with Gasteiger partial charge in [-0.2, -0.15) is 18.2 Å². The summed E-state index contributed by atoms with van der Waals surface area (Å²) in [6.45, 7) is 1.18. The molecule has 0 spiro atoms. The molecule has 4 aromatic rings. The van der Waals surface area contributed by atoms with Crippen molar-refractivity contribution in [3.05, 3.63) is 30.2 Å². The van der Waals surface area contributed by atoms with E-state index in [1.807, 2.05) is 0 Å². The first-order chi connectivity index (χ1) is 17.1. The summed E-state index contributed by atoms with van der Waals surface area (Å²) < 4.78 is 67.0. The fraction of sp³-hybridized carbons (Fsp3) is 0.455. The van der Waals surface area contributed by atoms with Gasteiger partial charge in [-0.3, -0.25) is 4.90 Å². The van der Waals surface area contributed by atoms with Crippen LogP contribution < -0.4 is 11.1 Å². The number of imidazole rings is 1. The van der Waals surface area contributed by atoms with E-state index in [0.29, 0.717) is 54.2 Å². The first-order valence-corrected chi connectivity index (χ1v) is 11.4. The van der Waals surface area contributed by atoms with Crippen LogP contribution in [-0.2, 0) is 6.54 Å². The zero-order chi connectivity index (χ0) is 25.6. The molecule has 9 nitrogen and oxygen atoms in total. The number of hydrogen-bond donors (Lipinski definition) is 2. The Morgan fingerprint density at radius 3 is 2.56 bits per heavy atom. The van der Waals surface area contributed by atoms with Crippen molar-refractivity contribution in [3.63, 3.8) is 0 Å². The Labute approximate surface area is 202 Å². The van der Waals surface area contributed by atoms with Gasteiger partial charge >= 0.3 is 6.18 Å².